The van der Waals surface area contributed by atoms with Crippen LogP contribution in [0, 0.1) is 0 Å². The van der Waals surface area contributed by atoms with Gasteiger partial charge in [0.05, 0.1) is 25.5 Å². The molecule has 0 amide bonds. The van der Waals surface area contributed by atoms with Gasteiger partial charge in [-0.3, -0.25) is 4.57 Å². The molecule has 1 aliphatic heterocycles. The van der Waals surface area contributed by atoms with Gasteiger partial charge in [0.1, 0.15) is 12.2 Å². The predicted molar refractivity (Wildman–Crippen MR) is 124 cm³/mol. The van der Waals surface area contributed by atoms with Crippen molar-refractivity contribution in [2.75, 3.05) is 10.6 Å². The molecule has 5 N–H and O–H groups in total. The molecule has 3 aromatic rings. The van der Waals surface area contributed by atoms with E-state index in [0.29, 0.717) is 22.9 Å². The number of anilines is 2. The molecule has 3 aromatic heterocycles. The lowest BCUT2D eigenvalue weighted by Gasteiger charge is -2.20. The fourth-order valence-corrected chi connectivity index (χ4v) is 4.74. The summed E-state index contributed by atoms with van der Waals surface area (Å²) in [6, 6.07) is 0.0393. The monoisotopic (exact) mass is 488 g/mol. The molecule has 0 bridgehead atoms. The van der Waals surface area contributed by atoms with E-state index in [2.05, 4.69) is 54.8 Å². The van der Waals surface area contributed by atoms with Gasteiger partial charge in [-0.15, -0.1) is 10.2 Å². The Labute approximate surface area is 201 Å². The Kier molecular flexibility index (Phi) is 6.53. The molecule has 1 saturated heterocycles. The molecule has 4 heterocycles. The van der Waals surface area contributed by atoms with Crippen LogP contribution in [0.25, 0.3) is 11.2 Å². The number of ether oxygens (including phenoxy) is 1. The number of tetrazole rings is 1. The summed E-state index contributed by atoms with van der Waals surface area (Å²) in [5, 5.41) is 50.3. The third-order valence-corrected chi connectivity index (χ3v) is 6.83. The molecule has 6 atom stereocenters. The molecule has 0 radical (unpaired) electrons. The summed E-state index contributed by atoms with van der Waals surface area (Å²) in [6.07, 6.45) is 0.832. The fourth-order valence-electron chi connectivity index (χ4n) is 4.74. The van der Waals surface area contributed by atoms with Crippen LogP contribution in [0.15, 0.2) is 6.33 Å². The maximum atomic E-state index is 10.8. The number of hydrogen-bond acceptors (Lipinski definition) is 12. The molecule has 1 saturated carbocycles. The van der Waals surface area contributed by atoms with Crippen LogP contribution in [-0.4, -0.2) is 85.4 Å². The number of aliphatic hydroxyl groups excluding tert-OH is 3. The molecule has 2 fully saturated rings. The van der Waals surface area contributed by atoms with Gasteiger partial charge in [-0.05, 0) is 37.3 Å². The van der Waals surface area contributed by atoms with Crippen LogP contribution in [0.2, 0.25) is 0 Å². The van der Waals surface area contributed by atoms with E-state index in [1.807, 2.05) is 0 Å². The topological polar surface area (TPSA) is 181 Å². The van der Waals surface area contributed by atoms with Gasteiger partial charge < -0.3 is 30.7 Å². The summed E-state index contributed by atoms with van der Waals surface area (Å²) >= 11 is 0. The van der Waals surface area contributed by atoms with E-state index in [9.17, 15) is 15.3 Å². The molecular weight excluding hydrogens is 456 g/mol. The van der Waals surface area contributed by atoms with Crippen LogP contribution in [0.5, 0.6) is 0 Å². The summed E-state index contributed by atoms with van der Waals surface area (Å²) in [5.41, 5.74) is 0.938. The Balaban J connectivity index is 1.52. The Hall–Kier alpha value is -2.94. The largest absolute Gasteiger partial charge is 0.391 e. The molecule has 14 nitrogen and oxygen atoms in total. The van der Waals surface area contributed by atoms with Crippen LogP contribution < -0.4 is 10.6 Å². The van der Waals surface area contributed by atoms with Crippen molar-refractivity contribution in [2.24, 2.45) is 7.05 Å². The number of nitrogens with one attached hydrogen (secondary N) is 2. The van der Waals surface area contributed by atoms with Crippen molar-refractivity contribution in [1.82, 2.24) is 39.7 Å². The van der Waals surface area contributed by atoms with Gasteiger partial charge in [-0.25, -0.2) is 4.98 Å². The molecule has 1 aliphatic carbocycles. The summed E-state index contributed by atoms with van der Waals surface area (Å²) in [7, 11) is 1.61. The van der Waals surface area contributed by atoms with Crippen LogP contribution in [-0.2, 0) is 11.8 Å². The average Bonchev–Trinajstić information content (AvgIpc) is 3.62. The average molecular weight is 489 g/mol. The van der Waals surface area contributed by atoms with Gasteiger partial charge in [0.25, 0.3) is 0 Å². The minimum absolute atomic E-state index is 0.146. The number of aryl methyl sites for hydroxylation is 1. The lowest BCUT2D eigenvalue weighted by Crippen LogP contribution is -2.30. The van der Waals surface area contributed by atoms with Crippen molar-refractivity contribution in [2.45, 2.75) is 88.7 Å². The minimum Gasteiger partial charge on any atom is -0.391 e. The van der Waals surface area contributed by atoms with Gasteiger partial charge in [0, 0.05) is 6.04 Å². The number of rotatable bonds is 8. The third kappa shape index (κ3) is 4.42. The van der Waals surface area contributed by atoms with Gasteiger partial charge in [-0.1, -0.05) is 13.8 Å². The quantitative estimate of drug-likeness (QED) is 0.292. The minimum atomic E-state index is -1.28. The summed E-state index contributed by atoms with van der Waals surface area (Å²) in [4.78, 5) is 15.1. The van der Waals surface area contributed by atoms with Gasteiger partial charge >= 0.3 is 0 Å². The zero-order chi connectivity index (χ0) is 24.7. The Bertz CT molecular complexity index is 1160. The predicted octanol–water partition coefficient (Wildman–Crippen LogP) is 0.268. The molecule has 0 aromatic carbocycles. The van der Waals surface area contributed by atoms with E-state index in [1.165, 1.54) is 11.1 Å². The zero-order valence-corrected chi connectivity index (χ0v) is 20.0. The lowest BCUT2D eigenvalue weighted by atomic mass is 10.1. The highest BCUT2D eigenvalue weighted by Crippen LogP contribution is 2.39. The molecule has 14 heteroatoms. The highest BCUT2D eigenvalue weighted by molar-refractivity contribution is 5.84. The normalized spacial score (nSPS) is 28.9. The number of fused-ring (bicyclic) bond motifs is 1. The van der Waals surface area contributed by atoms with Crippen LogP contribution in [0.1, 0.15) is 64.1 Å². The smallest absolute Gasteiger partial charge is 0.227 e. The second-order valence-corrected chi connectivity index (χ2v) is 9.19. The summed E-state index contributed by atoms with van der Waals surface area (Å²) < 4.78 is 7.57. The molecule has 2 aliphatic rings. The summed E-state index contributed by atoms with van der Waals surface area (Å²) in [5.74, 6) is 1.07. The number of hydrogen-bond donors (Lipinski definition) is 5. The van der Waals surface area contributed by atoms with E-state index in [0.717, 1.165) is 32.1 Å². The number of aromatic nitrogens is 8. The van der Waals surface area contributed by atoms with E-state index >= 15 is 0 Å². The maximum Gasteiger partial charge on any atom is 0.227 e. The van der Waals surface area contributed by atoms with Crippen molar-refractivity contribution >= 4 is 22.9 Å². The summed E-state index contributed by atoms with van der Waals surface area (Å²) in [6.45, 7) is 4.19. The molecule has 5 rings (SSSR count). The molecule has 35 heavy (non-hydrogen) atoms. The van der Waals surface area contributed by atoms with E-state index in [1.54, 1.807) is 11.6 Å². The number of nitrogens with zero attached hydrogens (tertiary/aromatic N) is 8. The van der Waals surface area contributed by atoms with Gasteiger partial charge in [0.2, 0.25) is 11.8 Å². The molecule has 190 valence electrons. The SMILES string of the molecule is CCC(CC)Nc1nc(NC2CCC[C@H]2O)nc2c1ncn2[C@@H]1O[C@H](c2nnn(C)n2)[C@@H](O)[C@H]1O. The standard InChI is InChI=1S/C21H32N10O4/c1-4-10(5-2)23-17-13-19(26-21(25-17)24-11-7-6-8-12(11)32)31(9-22-13)20-15(34)14(33)16(35-20)18-27-29-30(3)28-18/h9-12,14-16,20,32-34H,4-8H2,1-3H3,(H2,23,24,25,26)/t11?,12-,14+,15-,16+,20-/m1/s1. The van der Waals surface area contributed by atoms with E-state index in [-0.39, 0.29) is 17.9 Å². The van der Waals surface area contributed by atoms with Crippen LogP contribution in [0.3, 0.4) is 0 Å². The van der Waals surface area contributed by atoms with Crippen molar-refractivity contribution in [1.29, 1.82) is 0 Å². The van der Waals surface area contributed by atoms with Gasteiger partial charge in [-0.2, -0.15) is 14.8 Å². The Morgan fingerprint density at radius 2 is 1.94 bits per heavy atom. The second kappa shape index (κ2) is 9.60. The zero-order valence-electron chi connectivity index (χ0n) is 20.0. The maximum absolute atomic E-state index is 10.8. The second-order valence-electron chi connectivity index (χ2n) is 9.19. The first kappa shape index (κ1) is 23.8. The fraction of sp³-hybridized carbons (Fsp3) is 0.714. The highest BCUT2D eigenvalue weighted by atomic mass is 16.6. The van der Waals surface area contributed by atoms with Crippen LogP contribution in [0.4, 0.5) is 11.8 Å². The molecule has 1 unspecified atom stereocenters. The van der Waals surface area contributed by atoms with Gasteiger partial charge in [0.15, 0.2) is 29.3 Å². The van der Waals surface area contributed by atoms with Crippen LogP contribution >= 0.6 is 0 Å². The van der Waals surface area contributed by atoms with Crippen molar-refractivity contribution < 1.29 is 20.1 Å². The van der Waals surface area contributed by atoms with Crippen molar-refractivity contribution in [3.63, 3.8) is 0 Å². The Morgan fingerprint density at radius 1 is 1.14 bits per heavy atom. The van der Waals surface area contributed by atoms with E-state index < -0.39 is 30.6 Å². The molecular formula is C21H32N10O4. The number of imidazole rings is 1. The van der Waals surface area contributed by atoms with Crippen molar-refractivity contribution in [3.05, 3.63) is 12.2 Å². The highest BCUT2D eigenvalue weighted by Gasteiger charge is 2.47. The third-order valence-electron chi connectivity index (χ3n) is 6.83. The van der Waals surface area contributed by atoms with Crippen molar-refractivity contribution in [3.8, 4) is 0 Å². The Morgan fingerprint density at radius 3 is 2.60 bits per heavy atom. The molecule has 0 spiro atoms. The first-order chi connectivity index (χ1) is 16.9. The van der Waals surface area contributed by atoms with E-state index in [4.69, 9.17) is 4.74 Å². The first-order valence-electron chi connectivity index (χ1n) is 12.1. The first-order valence-corrected chi connectivity index (χ1v) is 12.1. The lowest BCUT2D eigenvalue weighted by molar-refractivity contribution is -0.0384. The number of aliphatic hydroxyl groups is 3.